The summed E-state index contributed by atoms with van der Waals surface area (Å²) < 4.78 is 1.04. The molecule has 0 radical (unpaired) electrons. The fourth-order valence-corrected chi connectivity index (χ4v) is 1.27. The predicted octanol–water partition coefficient (Wildman–Crippen LogP) is 2.59. The lowest BCUT2D eigenvalue weighted by Crippen LogP contribution is -1.91. The maximum Gasteiger partial charge on any atom is 0.0357 e. The predicted molar refractivity (Wildman–Crippen MR) is 47.9 cm³/mol. The standard InChI is InChI=1S/C8H10BrN/c1-2-6-3-4-7(9)5-8(6)10/h3-5H,2,10H2,1H3. The van der Waals surface area contributed by atoms with Gasteiger partial charge in [-0.1, -0.05) is 28.9 Å². The molecule has 0 saturated heterocycles. The van der Waals surface area contributed by atoms with E-state index in [-0.39, 0.29) is 0 Å². The normalized spacial score (nSPS) is 9.80. The number of hydrogen-bond donors (Lipinski definition) is 1. The molecule has 0 saturated carbocycles. The lowest BCUT2D eigenvalue weighted by Gasteiger charge is -2.01. The minimum Gasteiger partial charge on any atom is -0.398 e. The maximum absolute atomic E-state index is 5.70. The molecule has 0 amide bonds. The summed E-state index contributed by atoms with van der Waals surface area (Å²) in [5.41, 5.74) is 7.79. The quantitative estimate of drug-likeness (QED) is 0.692. The van der Waals surface area contributed by atoms with Crippen LogP contribution in [0.2, 0.25) is 0 Å². The fourth-order valence-electron chi connectivity index (χ4n) is 0.888. The number of nitrogens with two attached hydrogens (primary N) is 1. The second-order valence-corrected chi connectivity index (χ2v) is 3.11. The number of anilines is 1. The zero-order valence-corrected chi connectivity index (χ0v) is 7.48. The molecule has 0 aliphatic rings. The second kappa shape index (κ2) is 3.06. The van der Waals surface area contributed by atoms with E-state index in [4.69, 9.17) is 5.73 Å². The van der Waals surface area contributed by atoms with Gasteiger partial charge in [-0.05, 0) is 24.1 Å². The zero-order chi connectivity index (χ0) is 7.56. The third kappa shape index (κ3) is 1.51. The van der Waals surface area contributed by atoms with Crippen molar-refractivity contribution < 1.29 is 0 Å². The Hall–Kier alpha value is -0.500. The first-order valence-electron chi connectivity index (χ1n) is 3.28. The van der Waals surface area contributed by atoms with Crippen molar-refractivity contribution in [2.45, 2.75) is 13.3 Å². The molecule has 0 aliphatic heterocycles. The Labute approximate surface area is 69.4 Å². The van der Waals surface area contributed by atoms with Crippen molar-refractivity contribution in [1.82, 2.24) is 0 Å². The van der Waals surface area contributed by atoms with Gasteiger partial charge in [0.2, 0.25) is 0 Å². The van der Waals surface area contributed by atoms with Gasteiger partial charge < -0.3 is 5.73 Å². The highest BCUT2D eigenvalue weighted by molar-refractivity contribution is 9.10. The minimum absolute atomic E-state index is 0.872. The van der Waals surface area contributed by atoms with Crippen LogP contribution in [0.1, 0.15) is 12.5 Å². The molecule has 0 aliphatic carbocycles. The molecule has 1 aromatic carbocycles. The van der Waals surface area contributed by atoms with Gasteiger partial charge >= 0.3 is 0 Å². The molecule has 0 unspecified atom stereocenters. The van der Waals surface area contributed by atoms with Gasteiger partial charge in [-0.3, -0.25) is 0 Å². The van der Waals surface area contributed by atoms with Gasteiger partial charge in [-0.2, -0.15) is 0 Å². The monoisotopic (exact) mass is 199 g/mol. The molecule has 0 atom stereocenters. The Morgan fingerprint density at radius 3 is 2.70 bits per heavy atom. The molecule has 0 heterocycles. The Bertz CT molecular complexity index is 233. The molecule has 1 nitrogen and oxygen atoms in total. The van der Waals surface area contributed by atoms with Gasteiger partial charge in [0.15, 0.2) is 0 Å². The van der Waals surface area contributed by atoms with E-state index in [1.807, 2.05) is 18.2 Å². The Morgan fingerprint density at radius 2 is 2.20 bits per heavy atom. The van der Waals surface area contributed by atoms with Crippen LogP contribution in [0.5, 0.6) is 0 Å². The number of nitrogen functional groups attached to an aromatic ring is 1. The number of hydrogen-bond acceptors (Lipinski definition) is 1. The minimum atomic E-state index is 0.872. The second-order valence-electron chi connectivity index (χ2n) is 2.20. The highest BCUT2D eigenvalue weighted by Gasteiger charge is 1.94. The Kier molecular flexibility index (Phi) is 2.33. The molecular formula is C8H10BrN. The van der Waals surface area contributed by atoms with Crippen molar-refractivity contribution in [3.05, 3.63) is 28.2 Å². The maximum atomic E-state index is 5.70. The van der Waals surface area contributed by atoms with Crippen LogP contribution in [-0.4, -0.2) is 0 Å². The zero-order valence-electron chi connectivity index (χ0n) is 5.89. The van der Waals surface area contributed by atoms with E-state index in [1.54, 1.807) is 0 Å². The molecule has 0 fully saturated rings. The molecule has 1 aromatic rings. The van der Waals surface area contributed by atoms with Crippen LogP contribution in [0.3, 0.4) is 0 Å². The molecule has 54 valence electrons. The topological polar surface area (TPSA) is 26.0 Å². The van der Waals surface area contributed by atoms with E-state index in [2.05, 4.69) is 22.9 Å². The van der Waals surface area contributed by atoms with Gasteiger partial charge in [0.05, 0.1) is 0 Å². The van der Waals surface area contributed by atoms with Crippen molar-refractivity contribution in [3.8, 4) is 0 Å². The smallest absolute Gasteiger partial charge is 0.0357 e. The number of halogens is 1. The van der Waals surface area contributed by atoms with Crippen LogP contribution < -0.4 is 5.73 Å². The lowest BCUT2D eigenvalue weighted by atomic mass is 10.1. The summed E-state index contributed by atoms with van der Waals surface area (Å²) in [5.74, 6) is 0. The van der Waals surface area contributed by atoms with Crippen LogP contribution >= 0.6 is 15.9 Å². The van der Waals surface area contributed by atoms with Crippen molar-refractivity contribution in [1.29, 1.82) is 0 Å². The highest BCUT2D eigenvalue weighted by Crippen LogP contribution is 2.18. The van der Waals surface area contributed by atoms with Gasteiger partial charge in [-0.25, -0.2) is 0 Å². The van der Waals surface area contributed by atoms with E-state index in [0.717, 1.165) is 16.6 Å². The summed E-state index contributed by atoms with van der Waals surface area (Å²) in [6.45, 7) is 2.10. The third-order valence-corrected chi connectivity index (χ3v) is 1.98. The van der Waals surface area contributed by atoms with Gasteiger partial charge in [0.1, 0.15) is 0 Å². The third-order valence-electron chi connectivity index (χ3n) is 1.49. The molecule has 0 bridgehead atoms. The summed E-state index contributed by atoms with van der Waals surface area (Å²) in [6, 6.07) is 5.98. The van der Waals surface area contributed by atoms with Crippen LogP contribution in [-0.2, 0) is 6.42 Å². The van der Waals surface area contributed by atoms with E-state index in [9.17, 15) is 0 Å². The molecule has 2 N–H and O–H groups in total. The average Bonchev–Trinajstić information content (AvgIpc) is 1.88. The van der Waals surface area contributed by atoms with Crippen molar-refractivity contribution in [3.63, 3.8) is 0 Å². The molecule has 2 heteroatoms. The Balaban J connectivity index is 3.07. The number of benzene rings is 1. The van der Waals surface area contributed by atoms with Crippen LogP contribution in [0, 0.1) is 0 Å². The number of aryl methyl sites for hydroxylation is 1. The molecular weight excluding hydrogens is 190 g/mol. The first-order chi connectivity index (χ1) is 4.74. The Morgan fingerprint density at radius 1 is 1.50 bits per heavy atom. The molecule has 0 aromatic heterocycles. The number of rotatable bonds is 1. The van der Waals surface area contributed by atoms with Crippen LogP contribution in [0.25, 0.3) is 0 Å². The van der Waals surface area contributed by atoms with E-state index >= 15 is 0 Å². The fraction of sp³-hybridized carbons (Fsp3) is 0.250. The average molecular weight is 200 g/mol. The van der Waals surface area contributed by atoms with E-state index < -0.39 is 0 Å². The summed E-state index contributed by atoms with van der Waals surface area (Å²) in [4.78, 5) is 0. The summed E-state index contributed by atoms with van der Waals surface area (Å²) in [6.07, 6.45) is 0.999. The summed E-state index contributed by atoms with van der Waals surface area (Å²) >= 11 is 3.35. The SMILES string of the molecule is CCc1ccc(Br)cc1N. The van der Waals surface area contributed by atoms with E-state index in [0.29, 0.717) is 0 Å². The van der Waals surface area contributed by atoms with Gasteiger partial charge in [-0.15, -0.1) is 0 Å². The van der Waals surface area contributed by atoms with Crippen LogP contribution in [0.15, 0.2) is 22.7 Å². The lowest BCUT2D eigenvalue weighted by molar-refractivity contribution is 1.14. The molecule has 10 heavy (non-hydrogen) atoms. The first kappa shape index (κ1) is 7.61. The van der Waals surface area contributed by atoms with Gasteiger partial charge in [0.25, 0.3) is 0 Å². The van der Waals surface area contributed by atoms with Crippen molar-refractivity contribution >= 4 is 21.6 Å². The van der Waals surface area contributed by atoms with E-state index in [1.165, 1.54) is 5.56 Å². The molecule has 0 spiro atoms. The van der Waals surface area contributed by atoms with Gasteiger partial charge in [0, 0.05) is 10.2 Å². The van der Waals surface area contributed by atoms with Crippen LogP contribution in [0.4, 0.5) is 5.69 Å². The summed E-state index contributed by atoms with van der Waals surface area (Å²) in [7, 11) is 0. The largest absolute Gasteiger partial charge is 0.398 e. The van der Waals surface area contributed by atoms with Crippen molar-refractivity contribution in [2.75, 3.05) is 5.73 Å². The van der Waals surface area contributed by atoms with Crippen molar-refractivity contribution in [2.24, 2.45) is 0 Å². The molecule has 1 rings (SSSR count). The highest BCUT2D eigenvalue weighted by atomic mass is 79.9. The first-order valence-corrected chi connectivity index (χ1v) is 4.07. The summed E-state index contributed by atoms with van der Waals surface area (Å²) in [5, 5.41) is 0.